The highest BCUT2D eigenvalue weighted by molar-refractivity contribution is 5.81. The van der Waals surface area contributed by atoms with Crippen molar-refractivity contribution in [3.8, 4) is 0 Å². The third-order valence-corrected chi connectivity index (χ3v) is 2.57. The summed E-state index contributed by atoms with van der Waals surface area (Å²) < 4.78 is 0. The van der Waals surface area contributed by atoms with Crippen molar-refractivity contribution in [3.05, 3.63) is 0 Å². The van der Waals surface area contributed by atoms with Gasteiger partial charge >= 0.3 is 0 Å². The van der Waals surface area contributed by atoms with Gasteiger partial charge in [-0.15, -0.1) is 0 Å². The number of hydrogen-bond acceptors (Lipinski definition) is 4. The van der Waals surface area contributed by atoms with Gasteiger partial charge in [0.1, 0.15) is 0 Å². The summed E-state index contributed by atoms with van der Waals surface area (Å²) in [5.41, 5.74) is 5.53. The number of carbonyl (C=O) groups excluding carboxylic acids is 1. The summed E-state index contributed by atoms with van der Waals surface area (Å²) in [5, 5.41) is 9.15. The van der Waals surface area contributed by atoms with Crippen LogP contribution in [0.15, 0.2) is 0 Å². The van der Waals surface area contributed by atoms with Gasteiger partial charge in [-0.3, -0.25) is 4.79 Å². The first-order chi connectivity index (χ1) is 6.56. The number of hydrogen-bond donors (Lipinski definition) is 2. The normalized spacial score (nSPS) is 26.3. The predicted octanol–water partition coefficient (Wildman–Crippen LogP) is -1.53. The largest absolute Gasteiger partial charge is 0.394 e. The summed E-state index contributed by atoms with van der Waals surface area (Å²) in [6.07, 6.45) is 0. The van der Waals surface area contributed by atoms with E-state index in [2.05, 4.69) is 4.90 Å². The van der Waals surface area contributed by atoms with Crippen molar-refractivity contribution < 1.29 is 9.90 Å². The fourth-order valence-corrected chi connectivity index (χ4v) is 1.72. The second-order valence-corrected chi connectivity index (χ2v) is 3.92. The van der Waals surface area contributed by atoms with Crippen molar-refractivity contribution in [1.82, 2.24) is 9.80 Å². The lowest BCUT2D eigenvalue weighted by molar-refractivity contribution is -0.138. The lowest BCUT2D eigenvalue weighted by Gasteiger charge is -2.39. The van der Waals surface area contributed by atoms with E-state index in [1.165, 1.54) is 0 Å². The minimum Gasteiger partial charge on any atom is -0.394 e. The smallest absolute Gasteiger partial charge is 0.239 e. The van der Waals surface area contributed by atoms with Crippen LogP contribution in [0.4, 0.5) is 0 Å². The molecule has 0 spiro atoms. The second kappa shape index (κ2) is 4.72. The molecule has 0 aromatic rings. The average molecular weight is 201 g/mol. The maximum absolute atomic E-state index is 11.6. The van der Waals surface area contributed by atoms with Crippen LogP contribution < -0.4 is 5.73 Å². The van der Waals surface area contributed by atoms with Gasteiger partial charge in [0.05, 0.1) is 18.7 Å². The molecule has 1 aliphatic heterocycles. The van der Waals surface area contributed by atoms with Gasteiger partial charge in [-0.05, 0) is 14.0 Å². The zero-order valence-electron chi connectivity index (χ0n) is 8.81. The van der Waals surface area contributed by atoms with Crippen LogP contribution in [0.2, 0.25) is 0 Å². The molecule has 2 unspecified atom stereocenters. The monoisotopic (exact) mass is 201 g/mol. The van der Waals surface area contributed by atoms with E-state index < -0.39 is 6.04 Å². The van der Waals surface area contributed by atoms with Crippen molar-refractivity contribution in [2.75, 3.05) is 33.3 Å². The zero-order chi connectivity index (χ0) is 10.7. The Kier molecular flexibility index (Phi) is 3.86. The molecule has 1 rings (SSSR count). The molecule has 3 N–H and O–H groups in total. The first kappa shape index (κ1) is 11.4. The van der Waals surface area contributed by atoms with Crippen LogP contribution in [0.1, 0.15) is 6.92 Å². The van der Waals surface area contributed by atoms with E-state index in [0.717, 1.165) is 13.1 Å². The molecule has 0 radical (unpaired) electrons. The van der Waals surface area contributed by atoms with Gasteiger partial charge in [-0.1, -0.05) is 0 Å². The molecule has 0 saturated carbocycles. The Morgan fingerprint density at radius 3 is 2.79 bits per heavy atom. The molecule has 1 fully saturated rings. The summed E-state index contributed by atoms with van der Waals surface area (Å²) in [6, 6.07) is -0.584. The summed E-state index contributed by atoms with van der Waals surface area (Å²) in [6.45, 7) is 3.89. The Morgan fingerprint density at radius 1 is 1.64 bits per heavy atom. The first-order valence-electron chi connectivity index (χ1n) is 4.91. The minimum atomic E-state index is -0.479. The van der Waals surface area contributed by atoms with Crippen LogP contribution in [-0.2, 0) is 4.79 Å². The number of piperazine rings is 1. The molecule has 5 nitrogen and oxygen atoms in total. The standard InChI is InChI=1S/C9H19N3O2/c1-7(10)9(14)12-4-3-11(2)5-8(12)6-13/h7-8,13H,3-6,10H2,1-2H3. The van der Waals surface area contributed by atoms with Crippen LogP contribution in [-0.4, -0.2) is 66.2 Å². The highest BCUT2D eigenvalue weighted by Crippen LogP contribution is 2.09. The van der Waals surface area contributed by atoms with Crippen LogP contribution in [0, 0.1) is 0 Å². The molecule has 82 valence electrons. The van der Waals surface area contributed by atoms with Crippen molar-refractivity contribution in [2.45, 2.75) is 19.0 Å². The van der Waals surface area contributed by atoms with Gasteiger partial charge in [0.25, 0.3) is 0 Å². The first-order valence-corrected chi connectivity index (χ1v) is 4.91. The maximum Gasteiger partial charge on any atom is 0.239 e. The highest BCUT2D eigenvalue weighted by atomic mass is 16.3. The van der Waals surface area contributed by atoms with E-state index in [-0.39, 0.29) is 18.6 Å². The van der Waals surface area contributed by atoms with Crippen LogP contribution in [0.5, 0.6) is 0 Å². The number of aliphatic hydroxyl groups excluding tert-OH is 1. The van der Waals surface area contributed by atoms with Crippen molar-refractivity contribution in [3.63, 3.8) is 0 Å². The van der Waals surface area contributed by atoms with Gasteiger partial charge in [0.15, 0.2) is 0 Å². The number of nitrogens with zero attached hydrogens (tertiary/aromatic N) is 2. The topological polar surface area (TPSA) is 69.8 Å². The van der Waals surface area contributed by atoms with Gasteiger partial charge < -0.3 is 20.6 Å². The van der Waals surface area contributed by atoms with E-state index in [1.54, 1.807) is 11.8 Å². The second-order valence-electron chi connectivity index (χ2n) is 3.92. The predicted molar refractivity (Wildman–Crippen MR) is 53.7 cm³/mol. The Morgan fingerprint density at radius 2 is 2.29 bits per heavy atom. The Hall–Kier alpha value is -0.650. The Balaban J connectivity index is 2.63. The molecular formula is C9H19N3O2. The van der Waals surface area contributed by atoms with Crippen LogP contribution in [0.25, 0.3) is 0 Å². The molecule has 1 heterocycles. The van der Waals surface area contributed by atoms with Crippen LogP contribution in [0.3, 0.4) is 0 Å². The summed E-state index contributed by atoms with van der Waals surface area (Å²) in [5.74, 6) is -0.0721. The minimum absolute atomic E-state index is 0.00278. The zero-order valence-corrected chi connectivity index (χ0v) is 8.81. The molecule has 1 saturated heterocycles. The molecule has 0 aliphatic carbocycles. The average Bonchev–Trinajstić information content (AvgIpc) is 2.16. The summed E-state index contributed by atoms with van der Waals surface area (Å²) in [7, 11) is 1.98. The van der Waals surface area contributed by atoms with E-state index >= 15 is 0 Å². The molecule has 1 aliphatic rings. The lowest BCUT2D eigenvalue weighted by Crippen LogP contribution is -2.58. The fourth-order valence-electron chi connectivity index (χ4n) is 1.72. The van der Waals surface area contributed by atoms with Crippen LogP contribution >= 0.6 is 0 Å². The molecule has 0 aromatic heterocycles. The third kappa shape index (κ3) is 2.43. The number of likely N-dealkylation sites (N-methyl/N-ethyl adjacent to an activating group) is 1. The maximum atomic E-state index is 11.6. The van der Waals surface area contributed by atoms with E-state index in [1.807, 2.05) is 7.05 Å². The van der Waals surface area contributed by atoms with Crippen molar-refractivity contribution >= 4 is 5.91 Å². The molecule has 5 heteroatoms. The molecule has 0 aromatic carbocycles. The fraction of sp³-hybridized carbons (Fsp3) is 0.889. The number of amides is 1. The lowest BCUT2D eigenvalue weighted by atomic mass is 10.1. The van der Waals surface area contributed by atoms with E-state index in [9.17, 15) is 4.79 Å². The van der Waals surface area contributed by atoms with Crippen molar-refractivity contribution in [1.29, 1.82) is 0 Å². The number of nitrogens with two attached hydrogens (primary N) is 1. The molecule has 14 heavy (non-hydrogen) atoms. The summed E-state index contributed by atoms with van der Waals surface area (Å²) >= 11 is 0. The van der Waals surface area contributed by atoms with E-state index in [4.69, 9.17) is 10.8 Å². The number of aliphatic hydroxyl groups is 1. The SMILES string of the molecule is CC(N)C(=O)N1CCN(C)CC1CO. The number of carbonyl (C=O) groups is 1. The van der Waals surface area contributed by atoms with E-state index in [0.29, 0.717) is 6.54 Å². The molecule has 2 atom stereocenters. The molecule has 0 bridgehead atoms. The van der Waals surface area contributed by atoms with Gasteiger partial charge in [-0.25, -0.2) is 0 Å². The Labute approximate surface area is 84.5 Å². The van der Waals surface area contributed by atoms with Gasteiger partial charge in [0.2, 0.25) is 5.91 Å². The molecular weight excluding hydrogens is 182 g/mol. The highest BCUT2D eigenvalue weighted by Gasteiger charge is 2.29. The van der Waals surface area contributed by atoms with Gasteiger partial charge in [0, 0.05) is 19.6 Å². The van der Waals surface area contributed by atoms with Crippen molar-refractivity contribution in [2.24, 2.45) is 5.73 Å². The summed E-state index contributed by atoms with van der Waals surface area (Å²) in [4.78, 5) is 15.4. The Bertz CT molecular complexity index is 208. The molecule has 1 amide bonds. The number of rotatable bonds is 2. The third-order valence-electron chi connectivity index (χ3n) is 2.57. The quantitative estimate of drug-likeness (QED) is 0.568. The van der Waals surface area contributed by atoms with Gasteiger partial charge in [-0.2, -0.15) is 0 Å².